The van der Waals surface area contributed by atoms with Crippen LogP contribution in [0.15, 0.2) is 52.1 Å². The van der Waals surface area contributed by atoms with Gasteiger partial charge in [0, 0.05) is 14.0 Å². The molecule has 1 N–H and O–H groups in total. The molecule has 2 aromatic carbocycles. The van der Waals surface area contributed by atoms with Gasteiger partial charge in [-0.2, -0.15) is 4.68 Å². The predicted molar refractivity (Wildman–Crippen MR) is 107 cm³/mol. The van der Waals surface area contributed by atoms with Crippen LogP contribution in [0.25, 0.3) is 33.5 Å². The molecule has 8 heteroatoms. The molecular weight excluding hydrogens is 358 g/mol. The first kappa shape index (κ1) is 17.6. The molecule has 2 heterocycles. The second-order valence-electron chi connectivity index (χ2n) is 6.53. The van der Waals surface area contributed by atoms with E-state index in [1.54, 1.807) is 43.4 Å². The van der Waals surface area contributed by atoms with E-state index in [0.29, 0.717) is 21.8 Å². The van der Waals surface area contributed by atoms with Crippen molar-refractivity contribution in [1.29, 1.82) is 0 Å². The monoisotopic (exact) mass is 375 g/mol. The first-order valence-corrected chi connectivity index (χ1v) is 8.64. The third kappa shape index (κ3) is 2.66. The van der Waals surface area contributed by atoms with E-state index in [0.717, 1.165) is 10.2 Å². The molecule has 0 aliphatic carbocycles. The highest BCUT2D eigenvalue weighted by atomic mass is 16.2. The summed E-state index contributed by atoms with van der Waals surface area (Å²) in [4.78, 5) is 46.7. The standard InChI is InChI=1S/C20H17N5O3/c1-11-7-6-9-14-16(11)22-18(25(20(14)28)23-12(2)26)17-21-15-10-5-4-8-13(15)19(27)24(17)3/h4-10H,1-3H3,(H,23,26). The summed E-state index contributed by atoms with van der Waals surface area (Å²) in [6.07, 6.45) is 0. The molecule has 0 unspecified atom stereocenters. The van der Waals surface area contributed by atoms with Crippen LogP contribution >= 0.6 is 0 Å². The highest BCUT2D eigenvalue weighted by Crippen LogP contribution is 2.19. The van der Waals surface area contributed by atoms with Gasteiger partial charge in [0.25, 0.3) is 11.1 Å². The summed E-state index contributed by atoms with van der Waals surface area (Å²) in [5, 5.41) is 0.822. The number of aromatic nitrogens is 4. The Labute approximate surface area is 159 Å². The summed E-state index contributed by atoms with van der Waals surface area (Å²) < 4.78 is 2.37. The number of aryl methyl sites for hydroxylation is 1. The predicted octanol–water partition coefficient (Wildman–Crippen LogP) is 1.71. The van der Waals surface area contributed by atoms with Crippen molar-refractivity contribution in [3.05, 3.63) is 68.7 Å². The maximum Gasteiger partial charge on any atom is 0.280 e. The van der Waals surface area contributed by atoms with E-state index in [-0.39, 0.29) is 17.2 Å². The summed E-state index contributed by atoms with van der Waals surface area (Å²) in [7, 11) is 1.56. The second kappa shape index (κ2) is 6.41. The molecule has 140 valence electrons. The molecule has 0 saturated heterocycles. The molecule has 4 rings (SSSR count). The fourth-order valence-electron chi connectivity index (χ4n) is 3.18. The summed E-state index contributed by atoms with van der Waals surface area (Å²) in [5.41, 5.74) is 3.56. The van der Waals surface area contributed by atoms with Crippen molar-refractivity contribution in [2.75, 3.05) is 5.43 Å². The van der Waals surface area contributed by atoms with Gasteiger partial charge in [-0.3, -0.25) is 24.4 Å². The molecule has 0 bridgehead atoms. The smallest absolute Gasteiger partial charge is 0.280 e. The second-order valence-corrected chi connectivity index (χ2v) is 6.53. The van der Waals surface area contributed by atoms with Gasteiger partial charge in [-0.05, 0) is 30.7 Å². The van der Waals surface area contributed by atoms with Crippen LogP contribution in [0.4, 0.5) is 0 Å². The molecule has 0 aliphatic heterocycles. The Morgan fingerprint density at radius 1 is 0.929 bits per heavy atom. The van der Waals surface area contributed by atoms with Crippen LogP contribution in [0.1, 0.15) is 12.5 Å². The average Bonchev–Trinajstić information content (AvgIpc) is 2.67. The maximum atomic E-state index is 13.1. The number of nitrogens with one attached hydrogen (secondary N) is 1. The highest BCUT2D eigenvalue weighted by Gasteiger charge is 2.19. The van der Waals surface area contributed by atoms with Crippen molar-refractivity contribution in [2.45, 2.75) is 13.8 Å². The molecule has 0 fully saturated rings. The van der Waals surface area contributed by atoms with E-state index in [4.69, 9.17) is 0 Å². The van der Waals surface area contributed by atoms with Crippen molar-refractivity contribution in [2.24, 2.45) is 7.05 Å². The lowest BCUT2D eigenvalue weighted by molar-refractivity contribution is -0.115. The number of carbonyl (C=O) groups excluding carboxylic acids is 1. The van der Waals surface area contributed by atoms with Crippen LogP contribution < -0.4 is 16.5 Å². The maximum absolute atomic E-state index is 13.1. The topological polar surface area (TPSA) is 98.9 Å². The van der Waals surface area contributed by atoms with Crippen molar-refractivity contribution in [3.63, 3.8) is 0 Å². The molecular formula is C20H17N5O3. The lowest BCUT2D eigenvalue weighted by Crippen LogP contribution is -2.35. The average molecular weight is 375 g/mol. The van der Waals surface area contributed by atoms with Gasteiger partial charge in [-0.15, -0.1) is 0 Å². The minimum absolute atomic E-state index is 0.0901. The molecule has 0 spiro atoms. The Kier molecular flexibility index (Phi) is 4.03. The van der Waals surface area contributed by atoms with Gasteiger partial charge in [0.2, 0.25) is 5.91 Å². The molecule has 28 heavy (non-hydrogen) atoms. The molecule has 2 aromatic heterocycles. The van der Waals surface area contributed by atoms with Crippen LogP contribution in [0, 0.1) is 6.92 Å². The van der Waals surface area contributed by atoms with Gasteiger partial charge < -0.3 is 0 Å². The molecule has 1 amide bonds. The number of hydrogen-bond donors (Lipinski definition) is 1. The Morgan fingerprint density at radius 3 is 2.39 bits per heavy atom. The van der Waals surface area contributed by atoms with Gasteiger partial charge in [0.15, 0.2) is 11.6 Å². The zero-order chi connectivity index (χ0) is 20.0. The molecule has 8 nitrogen and oxygen atoms in total. The molecule has 0 saturated carbocycles. The quantitative estimate of drug-likeness (QED) is 0.575. The molecule has 4 aromatic rings. The minimum atomic E-state index is -0.443. The van der Waals surface area contributed by atoms with Gasteiger partial charge in [0.1, 0.15) is 0 Å². The number of nitrogens with zero attached hydrogens (tertiary/aromatic N) is 4. The number of amides is 1. The van der Waals surface area contributed by atoms with Gasteiger partial charge in [0.05, 0.1) is 21.8 Å². The van der Waals surface area contributed by atoms with Crippen LogP contribution in [-0.4, -0.2) is 25.1 Å². The van der Waals surface area contributed by atoms with Crippen molar-refractivity contribution in [1.82, 2.24) is 19.2 Å². The Morgan fingerprint density at radius 2 is 1.64 bits per heavy atom. The fraction of sp³-hybridized carbons (Fsp3) is 0.150. The van der Waals surface area contributed by atoms with Crippen molar-refractivity contribution in [3.8, 4) is 11.6 Å². The van der Waals surface area contributed by atoms with Gasteiger partial charge in [-0.25, -0.2) is 9.97 Å². The lowest BCUT2D eigenvalue weighted by Gasteiger charge is -2.16. The molecule has 0 aliphatic rings. The van der Waals surface area contributed by atoms with Crippen LogP contribution in [0.5, 0.6) is 0 Å². The lowest BCUT2D eigenvalue weighted by atomic mass is 10.1. The Bertz CT molecular complexity index is 1380. The first-order chi connectivity index (χ1) is 13.4. The SMILES string of the molecule is CC(=O)Nn1c(-c2nc3ccccc3c(=O)n2C)nc2c(C)cccc2c1=O. The number of carbonyl (C=O) groups is 1. The van der Waals surface area contributed by atoms with Gasteiger partial charge >= 0.3 is 0 Å². The fourth-order valence-corrected chi connectivity index (χ4v) is 3.18. The zero-order valence-electron chi connectivity index (χ0n) is 15.6. The van der Waals surface area contributed by atoms with Crippen LogP contribution in [0.2, 0.25) is 0 Å². The van der Waals surface area contributed by atoms with E-state index >= 15 is 0 Å². The Balaban J connectivity index is 2.17. The summed E-state index contributed by atoms with van der Waals surface area (Å²) in [6.45, 7) is 3.14. The third-order valence-electron chi connectivity index (χ3n) is 4.55. The number of rotatable bonds is 2. The number of hydrogen-bond acceptors (Lipinski definition) is 5. The van der Waals surface area contributed by atoms with E-state index in [2.05, 4.69) is 15.4 Å². The largest absolute Gasteiger partial charge is 0.293 e. The van der Waals surface area contributed by atoms with E-state index in [9.17, 15) is 14.4 Å². The third-order valence-corrected chi connectivity index (χ3v) is 4.55. The summed E-state index contributed by atoms with van der Waals surface area (Å²) in [6, 6.07) is 12.2. The summed E-state index contributed by atoms with van der Waals surface area (Å²) >= 11 is 0. The Hall–Kier alpha value is -3.81. The van der Waals surface area contributed by atoms with E-state index < -0.39 is 11.5 Å². The van der Waals surface area contributed by atoms with Gasteiger partial charge in [-0.1, -0.05) is 24.3 Å². The summed E-state index contributed by atoms with van der Waals surface area (Å²) in [5.74, 6) is -0.171. The van der Waals surface area contributed by atoms with Crippen molar-refractivity contribution < 1.29 is 4.79 Å². The highest BCUT2D eigenvalue weighted by molar-refractivity contribution is 5.86. The number of benzene rings is 2. The normalized spacial score (nSPS) is 11.1. The first-order valence-electron chi connectivity index (χ1n) is 8.64. The molecule has 0 radical (unpaired) electrons. The van der Waals surface area contributed by atoms with Crippen LogP contribution in [0.3, 0.4) is 0 Å². The minimum Gasteiger partial charge on any atom is -0.293 e. The van der Waals surface area contributed by atoms with Crippen molar-refractivity contribution >= 4 is 27.7 Å². The van der Waals surface area contributed by atoms with E-state index in [1.165, 1.54) is 11.5 Å². The van der Waals surface area contributed by atoms with Crippen LogP contribution in [-0.2, 0) is 11.8 Å². The number of fused-ring (bicyclic) bond motifs is 2. The van der Waals surface area contributed by atoms with E-state index in [1.807, 2.05) is 13.0 Å². The zero-order valence-corrected chi connectivity index (χ0v) is 15.6. The number of para-hydroxylation sites is 2. The molecule has 0 atom stereocenters.